The monoisotopic (exact) mass is 319 g/mol. The van der Waals surface area contributed by atoms with E-state index < -0.39 is 17.4 Å². The molecule has 3 nitrogen and oxygen atoms in total. The van der Waals surface area contributed by atoms with Crippen LogP contribution in [0.15, 0.2) is 24.3 Å². The molecular formula is C16H21B2F2NO2. The predicted octanol–water partition coefficient (Wildman–Crippen LogP) is 2.26. The summed E-state index contributed by atoms with van der Waals surface area (Å²) in [5.41, 5.74) is 6.09. The SMILES string of the molecule is [B]C([B])(N)CC(O)c1cccc(OCC2CCC(F)(F)CC2)c1. The van der Waals surface area contributed by atoms with E-state index in [0.29, 0.717) is 30.8 Å². The van der Waals surface area contributed by atoms with E-state index in [9.17, 15) is 13.9 Å². The third kappa shape index (κ3) is 6.15. The highest BCUT2D eigenvalue weighted by molar-refractivity contribution is 6.39. The molecule has 1 aliphatic rings. The van der Waals surface area contributed by atoms with E-state index in [2.05, 4.69) is 0 Å². The molecule has 3 N–H and O–H groups in total. The van der Waals surface area contributed by atoms with Gasteiger partial charge in [0.2, 0.25) is 5.92 Å². The van der Waals surface area contributed by atoms with Crippen LogP contribution in [-0.2, 0) is 0 Å². The first-order valence-electron chi connectivity index (χ1n) is 7.80. The van der Waals surface area contributed by atoms with E-state index in [4.69, 9.17) is 26.2 Å². The zero-order chi connectivity index (χ0) is 17.1. The number of aliphatic hydroxyl groups excluding tert-OH is 1. The molecule has 2 rings (SSSR count). The number of rotatable bonds is 6. The lowest BCUT2D eigenvalue weighted by molar-refractivity contribution is -0.0498. The van der Waals surface area contributed by atoms with Crippen molar-refractivity contribution in [2.75, 3.05) is 6.61 Å². The second-order valence-electron chi connectivity index (χ2n) is 6.52. The minimum Gasteiger partial charge on any atom is -0.493 e. The van der Waals surface area contributed by atoms with E-state index in [1.54, 1.807) is 24.3 Å². The quantitative estimate of drug-likeness (QED) is 0.791. The molecule has 1 aliphatic carbocycles. The molecule has 1 aromatic carbocycles. The van der Waals surface area contributed by atoms with Gasteiger partial charge in [-0.15, -0.1) is 0 Å². The summed E-state index contributed by atoms with van der Waals surface area (Å²) < 4.78 is 31.9. The van der Waals surface area contributed by atoms with Crippen molar-refractivity contribution < 1.29 is 18.6 Å². The Morgan fingerprint density at radius 1 is 1.35 bits per heavy atom. The van der Waals surface area contributed by atoms with Gasteiger partial charge in [-0.2, -0.15) is 0 Å². The fourth-order valence-corrected chi connectivity index (χ4v) is 2.75. The van der Waals surface area contributed by atoms with Crippen molar-refractivity contribution in [1.82, 2.24) is 0 Å². The third-order valence-corrected chi connectivity index (χ3v) is 4.11. The second kappa shape index (κ2) is 7.22. The van der Waals surface area contributed by atoms with Crippen molar-refractivity contribution in [1.29, 1.82) is 0 Å². The summed E-state index contributed by atoms with van der Waals surface area (Å²) >= 11 is 0. The first kappa shape index (κ1) is 18.3. The van der Waals surface area contributed by atoms with Crippen LogP contribution in [0.5, 0.6) is 5.75 Å². The molecule has 1 fully saturated rings. The molecule has 0 saturated heterocycles. The zero-order valence-electron chi connectivity index (χ0n) is 13.1. The topological polar surface area (TPSA) is 55.5 Å². The van der Waals surface area contributed by atoms with Gasteiger partial charge in [-0.3, -0.25) is 0 Å². The maximum atomic E-state index is 13.1. The minimum absolute atomic E-state index is 0.00810. The van der Waals surface area contributed by atoms with Gasteiger partial charge in [0.1, 0.15) is 5.75 Å². The maximum Gasteiger partial charge on any atom is 0.248 e. The maximum absolute atomic E-state index is 13.1. The summed E-state index contributed by atoms with van der Waals surface area (Å²) in [5, 5.41) is 8.62. The second-order valence-corrected chi connectivity index (χ2v) is 6.52. The number of benzene rings is 1. The van der Waals surface area contributed by atoms with Crippen molar-refractivity contribution in [3.05, 3.63) is 29.8 Å². The van der Waals surface area contributed by atoms with Crippen LogP contribution in [0.1, 0.15) is 43.8 Å². The van der Waals surface area contributed by atoms with Crippen LogP contribution in [0.2, 0.25) is 0 Å². The smallest absolute Gasteiger partial charge is 0.248 e. The molecule has 1 unspecified atom stereocenters. The molecule has 122 valence electrons. The Morgan fingerprint density at radius 3 is 2.61 bits per heavy atom. The van der Waals surface area contributed by atoms with Gasteiger partial charge in [-0.1, -0.05) is 17.5 Å². The van der Waals surface area contributed by atoms with Gasteiger partial charge in [0.15, 0.2) is 0 Å². The van der Waals surface area contributed by atoms with Gasteiger partial charge >= 0.3 is 0 Å². The standard InChI is InChI=1S/C16H21B2F2NO2/c17-16(18,21)9-14(22)12-2-1-3-13(8-12)23-10-11-4-6-15(19,20)7-5-11/h1-3,8,11,14,22H,4-7,9-10,21H2. The van der Waals surface area contributed by atoms with E-state index >= 15 is 0 Å². The average Bonchev–Trinajstić information content (AvgIpc) is 2.45. The lowest BCUT2D eigenvalue weighted by atomic mass is 9.60. The highest BCUT2D eigenvalue weighted by atomic mass is 19.3. The molecule has 4 radical (unpaired) electrons. The van der Waals surface area contributed by atoms with Gasteiger partial charge in [0.25, 0.3) is 0 Å². The molecule has 1 atom stereocenters. The molecule has 1 aromatic rings. The van der Waals surface area contributed by atoms with Gasteiger partial charge in [0.05, 0.1) is 28.4 Å². The Labute approximate surface area is 138 Å². The highest BCUT2D eigenvalue weighted by Gasteiger charge is 2.35. The van der Waals surface area contributed by atoms with Crippen LogP contribution < -0.4 is 10.5 Å². The summed E-state index contributed by atoms with van der Waals surface area (Å²) in [5.74, 6) is -1.82. The Balaban J connectivity index is 1.88. The van der Waals surface area contributed by atoms with Crippen LogP contribution in [0.3, 0.4) is 0 Å². The molecule has 0 aliphatic heterocycles. The molecule has 0 spiro atoms. The van der Waals surface area contributed by atoms with E-state index in [1.807, 2.05) is 0 Å². The molecule has 1 saturated carbocycles. The van der Waals surface area contributed by atoms with Gasteiger partial charge in [-0.25, -0.2) is 8.78 Å². The third-order valence-electron chi connectivity index (χ3n) is 4.11. The predicted molar refractivity (Wildman–Crippen MR) is 86.8 cm³/mol. The fraction of sp³-hybridized carbons (Fsp3) is 0.625. The Hall–Kier alpha value is -1.07. The van der Waals surface area contributed by atoms with Crippen LogP contribution in [0.25, 0.3) is 0 Å². The molecular weight excluding hydrogens is 298 g/mol. The molecule has 0 amide bonds. The normalized spacial score (nSPS) is 20.2. The van der Waals surface area contributed by atoms with Gasteiger partial charge < -0.3 is 15.6 Å². The van der Waals surface area contributed by atoms with E-state index in [0.717, 1.165) is 0 Å². The van der Waals surface area contributed by atoms with Crippen LogP contribution >= 0.6 is 0 Å². The minimum atomic E-state index is -2.53. The van der Waals surface area contributed by atoms with Gasteiger partial charge in [-0.05, 0) is 42.9 Å². The van der Waals surface area contributed by atoms with Crippen molar-refractivity contribution in [3.8, 4) is 5.75 Å². The van der Waals surface area contributed by atoms with Gasteiger partial charge in [0, 0.05) is 12.8 Å². The Bertz CT molecular complexity index is 513. The number of nitrogens with two attached hydrogens (primary N) is 1. The largest absolute Gasteiger partial charge is 0.493 e. The first-order chi connectivity index (χ1) is 10.6. The Kier molecular flexibility index (Phi) is 5.74. The van der Waals surface area contributed by atoms with Crippen molar-refractivity contribution >= 4 is 15.7 Å². The van der Waals surface area contributed by atoms with Crippen LogP contribution in [0, 0.1) is 5.92 Å². The molecule has 0 heterocycles. The average molecular weight is 319 g/mol. The summed E-state index contributed by atoms with van der Waals surface area (Å²) in [4.78, 5) is 0. The number of alkyl halides is 2. The number of aliphatic hydroxyl groups is 1. The van der Waals surface area contributed by atoms with Crippen molar-refractivity contribution in [2.45, 2.75) is 49.5 Å². The molecule has 0 bridgehead atoms. The van der Waals surface area contributed by atoms with E-state index in [-0.39, 0.29) is 25.2 Å². The highest BCUT2D eigenvalue weighted by Crippen LogP contribution is 2.36. The lowest BCUT2D eigenvalue weighted by Crippen LogP contribution is -2.42. The summed E-state index contributed by atoms with van der Waals surface area (Å²) in [6.45, 7) is 0.393. The van der Waals surface area contributed by atoms with Crippen LogP contribution in [-0.4, -0.2) is 38.7 Å². The summed E-state index contributed by atoms with van der Waals surface area (Å²) in [6.07, 6.45) is -0.117. The lowest BCUT2D eigenvalue weighted by Gasteiger charge is -2.28. The van der Waals surface area contributed by atoms with Crippen molar-refractivity contribution in [2.24, 2.45) is 11.7 Å². The number of hydrogen-bond acceptors (Lipinski definition) is 3. The number of ether oxygens (including phenoxy) is 1. The number of halogens is 2. The molecule has 0 aromatic heterocycles. The molecule has 23 heavy (non-hydrogen) atoms. The summed E-state index contributed by atoms with van der Waals surface area (Å²) in [6, 6.07) is 6.92. The first-order valence-corrected chi connectivity index (χ1v) is 7.80. The summed E-state index contributed by atoms with van der Waals surface area (Å²) in [7, 11) is 11.0. The number of hydrogen-bond donors (Lipinski definition) is 2. The molecule has 7 heteroatoms. The van der Waals surface area contributed by atoms with Crippen molar-refractivity contribution in [3.63, 3.8) is 0 Å². The zero-order valence-corrected chi connectivity index (χ0v) is 13.1. The van der Waals surface area contributed by atoms with E-state index in [1.165, 1.54) is 0 Å². The fourth-order valence-electron chi connectivity index (χ4n) is 2.75. The Morgan fingerprint density at radius 2 is 2.00 bits per heavy atom. The van der Waals surface area contributed by atoms with Crippen LogP contribution in [0.4, 0.5) is 8.78 Å².